The number of methoxy groups -OCH3 is 1. The molecule has 5 rings (SSSR count). The van der Waals surface area contributed by atoms with Gasteiger partial charge < -0.3 is 69.3 Å². The summed E-state index contributed by atoms with van der Waals surface area (Å²) in [5, 5.41) is 82.4. The van der Waals surface area contributed by atoms with Gasteiger partial charge in [-0.3, -0.25) is 4.79 Å². The lowest BCUT2D eigenvalue weighted by Crippen LogP contribution is -2.64. The minimum atomic E-state index is -1.76. The molecule has 0 amide bonds. The van der Waals surface area contributed by atoms with Crippen LogP contribution < -0.4 is 14.2 Å². The van der Waals surface area contributed by atoms with Crippen molar-refractivity contribution in [3.05, 3.63) is 41.5 Å². The number of hydrogen-bond acceptors (Lipinski definition) is 15. The lowest BCUT2D eigenvalue weighted by atomic mass is 9.95. The smallest absolute Gasteiger partial charge is 0.229 e. The molecular formula is C28H36Cl2O15. The number of ketones is 1. The van der Waals surface area contributed by atoms with Gasteiger partial charge in [0, 0.05) is 12.1 Å². The van der Waals surface area contributed by atoms with Crippen molar-refractivity contribution in [2.75, 3.05) is 13.7 Å². The Morgan fingerprint density at radius 3 is 2.22 bits per heavy atom. The summed E-state index contributed by atoms with van der Waals surface area (Å²) in [6, 6.07) is 6.89. The Morgan fingerprint density at radius 1 is 0.867 bits per heavy atom. The van der Waals surface area contributed by atoms with Gasteiger partial charge in [0.1, 0.15) is 65.5 Å². The van der Waals surface area contributed by atoms with Crippen LogP contribution in [0.3, 0.4) is 0 Å². The van der Waals surface area contributed by atoms with Crippen molar-refractivity contribution in [1.82, 2.24) is 0 Å². The molecule has 45 heavy (non-hydrogen) atoms. The van der Waals surface area contributed by atoms with Gasteiger partial charge in [0.15, 0.2) is 29.7 Å². The summed E-state index contributed by atoms with van der Waals surface area (Å²) in [7, 11) is 1.39. The number of phenolic OH excluding ortho intramolecular Hbond substituents is 2. The maximum Gasteiger partial charge on any atom is 0.229 e. The molecule has 8 N–H and O–H groups in total. The van der Waals surface area contributed by atoms with Gasteiger partial charge in [-0.1, -0.05) is 6.07 Å². The molecule has 0 aromatic heterocycles. The lowest BCUT2D eigenvalue weighted by Gasteiger charge is -2.45. The Morgan fingerprint density at radius 2 is 1.58 bits per heavy atom. The number of Topliss-reactive ketones (excluding diaryl/α,β-unsaturated/α-hetero) is 1. The number of halogens is 2. The van der Waals surface area contributed by atoms with Crippen molar-refractivity contribution in [1.29, 1.82) is 0 Å². The molecule has 0 radical (unpaired) electrons. The number of aromatic hydroxyl groups is 2. The van der Waals surface area contributed by atoms with E-state index in [1.807, 2.05) is 0 Å². The molecule has 3 heterocycles. The zero-order valence-electron chi connectivity index (χ0n) is 23.9. The van der Waals surface area contributed by atoms with Crippen LogP contribution in [0.4, 0.5) is 0 Å². The van der Waals surface area contributed by atoms with E-state index in [1.165, 1.54) is 32.2 Å². The first-order valence-electron chi connectivity index (χ1n) is 13.5. The summed E-state index contributed by atoms with van der Waals surface area (Å²) in [5.74, 6) is -1.06. The monoisotopic (exact) mass is 682 g/mol. The lowest BCUT2D eigenvalue weighted by molar-refractivity contribution is -0.354. The van der Waals surface area contributed by atoms with Gasteiger partial charge in [0.05, 0.1) is 26.2 Å². The van der Waals surface area contributed by atoms with Crippen molar-refractivity contribution in [2.45, 2.75) is 80.9 Å². The highest BCUT2D eigenvalue weighted by molar-refractivity contribution is 6.02. The number of ether oxygens (including phenoxy) is 6. The van der Waals surface area contributed by atoms with Gasteiger partial charge in [-0.25, -0.2) is 0 Å². The van der Waals surface area contributed by atoms with Crippen LogP contribution in [0.15, 0.2) is 30.3 Å². The van der Waals surface area contributed by atoms with Crippen molar-refractivity contribution < 1.29 is 74.1 Å². The van der Waals surface area contributed by atoms with Crippen molar-refractivity contribution in [3.8, 4) is 28.7 Å². The van der Waals surface area contributed by atoms with Gasteiger partial charge in [-0.05, 0) is 24.6 Å². The fourth-order valence-electron chi connectivity index (χ4n) is 5.29. The molecule has 15 nitrogen and oxygen atoms in total. The largest absolute Gasteiger partial charge is 0.507 e. The third-order valence-corrected chi connectivity index (χ3v) is 7.72. The minimum Gasteiger partial charge on any atom is -0.507 e. The SMILES string of the molecule is COc1ccc(C2CC(=O)c3c(O)cc(O[C@@H]4O[C@H](CO)[C@@H](O)[C@H](O)[C@H]4O[C@@H]4O[C@@H](C)[C@H](O)[C@@H](O)[C@H]4O)cc3O2)cc1O.Cl.Cl. The number of fused-ring (bicyclic) bond motifs is 1. The van der Waals surface area contributed by atoms with Crippen LogP contribution in [0.5, 0.6) is 28.7 Å². The van der Waals surface area contributed by atoms with Gasteiger partial charge in [0.2, 0.25) is 6.29 Å². The maximum atomic E-state index is 13.0. The van der Waals surface area contributed by atoms with Gasteiger partial charge in [-0.2, -0.15) is 0 Å². The molecule has 0 aliphatic carbocycles. The summed E-state index contributed by atoms with van der Waals surface area (Å²) >= 11 is 0. The third kappa shape index (κ3) is 7.18. The molecule has 11 atom stereocenters. The van der Waals surface area contributed by atoms with Crippen molar-refractivity contribution in [2.24, 2.45) is 0 Å². The molecule has 2 saturated heterocycles. The third-order valence-electron chi connectivity index (χ3n) is 7.72. The van der Waals surface area contributed by atoms with Gasteiger partial charge in [-0.15, -0.1) is 24.8 Å². The second-order valence-corrected chi connectivity index (χ2v) is 10.6. The summed E-state index contributed by atoms with van der Waals surface area (Å²) in [6.07, 6.45) is -16.3. The maximum absolute atomic E-state index is 13.0. The van der Waals surface area contributed by atoms with Crippen LogP contribution in [0.2, 0.25) is 0 Å². The van der Waals surface area contributed by atoms with Gasteiger partial charge in [0.25, 0.3) is 0 Å². The van der Waals surface area contributed by atoms with Crippen LogP contribution in [-0.4, -0.2) is 122 Å². The van der Waals surface area contributed by atoms with Crippen molar-refractivity contribution >= 4 is 30.6 Å². The second kappa shape index (κ2) is 14.8. The summed E-state index contributed by atoms with van der Waals surface area (Å²) < 4.78 is 33.7. The highest BCUT2D eigenvalue weighted by atomic mass is 35.5. The van der Waals surface area contributed by atoms with Crippen LogP contribution >= 0.6 is 24.8 Å². The number of rotatable bonds is 7. The summed E-state index contributed by atoms with van der Waals surface area (Å²) in [6.45, 7) is 0.699. The highest BCUT2D eigenvalue weighted by Gasteiger charge is 2.51. The predicted octanol–water partition coefficient (Wildman–Crippen LogP) is -0.313. The zero-order chi connectivity index (χ0) is 31.2. The molecular weight excluding hydrogens is 647 g/mol. The predicted molar refractivity (Wildman–Crippen MR) is 155 cm³/mol. The van der Waals surface area contributed by atoms with E-state index in [4.69, 9.17) is 28.4 Å². The first-order chi connectivity index (χ1) is 20.4. The average Bonchev–Trinajstić information content (AvgIpc) is 2.97. The fraction of sp³-hybridized carbons (Fsp3) is 0.536. The van der Waals surface area contributed by atoms with Crippen LogP contribution in [0.1, 0.15) is 35.4 Å². The number of phenols is 2. The normalized spacial score (nSPS) is 34.4. The van der Waals surface area contributed by atoms with E-state index in [0.717, 1.165) is 6.07 Å². The Labute approximate surface area is 269 Å². The van der Waals surface area contributed by atoms with E-state index in [2.05, 4.69) is 0 Å². The van der Waals surface area contributed by atoms with Crippen molar-refractivity contribution in [3.63, 3.8) is 0 Å². The summed E-state index contributed by atoms with van der Waals surface area (Å²) in [4.78, 5) is 13.0. The Hall–Kier alpha value is -2.67. The van der Waals surface area contributed by atoms with E-state index in [9.17, 15) is 45.6 Å². The Balaban J connectivity index is 0.00000276. The molecule has 2 fully saturated rings. The summed E-state index contributed by atoms with van der Waals surface area (Å²) in [5.41, 5.74) is 0.352. The standard InChI is InChI=1S/C28H34O15.2ClH/c1-10-21(33)23(35)25(37)27(39-10)43-26-24(36)22(34)19(9-29)42-28(26)40-12-6-14(31)20-15(32)8-17(41-18(20)7-12)11-3-4-16(38-2)13(30)5-11;;/h3-7,10,17,19,21-31,33-37H,8-9H2,1-2H3;2*1H/t10-,17?,19+,21-,22+,23+,24-,25+,26+,27-,28+;;/m0../s1. The molecule has 3 aliphatic rings. The number of aliphatic hydroxyl groups excluding tert-OH is 6. The highest BCUT2D eigenvalue weighted by Crippen LogP contribution is 2.43. The number of aliphatic hydroxyl groups is 6. The minimum absolute atomic E-state index is 0. The molecule has 3 aliphatic heterocycles. The second-order valence-electron chi connectivity index (χ2n) is 10.6. The first kappa shape index (κ1) is 36.8. The molecule has 0 bridgehead atoms. The number of carbonyl (C=O) groups is 1. The number of benzene rings is 2. The van der Waals surface area contributed by atoms with E-state index < -0.39 is 85.7 Å². The molecule has 2 aromatic rings. The molecule has 17 heteroatoms. The Kier molecular flexibility index (Phi) is 12.1. The van der Waals surface area contributed by atoms with E-state index in [-0.39, 0.29) is 59.8 Å². The van der Waals surface area contributed by atoms with Crippen LogP contribution in [0.25, 0.3) is 0 Å². The van der Waals surface area contributed by atoms with Crippen LogP contribution in [-0.2, 0) is 14.2 Å². The Bertz CT molecular complexity index is 1330. The molecule has 1 unspecified atom stereocenters. The van der Waals surface area contributed by atoms with E-state index in [1.54, 1.807) is 6.07 Å². The number of carbonyl (C=O) groups excluding carboxylic acids is 1. The average molecular weight is 683 g/mol. The molecule has 0 saturated carbocycles. The van der Waals surface area contributed by atoms with Gasteiger partial charge >= 0.3 is 0 Å². The molecule has 2 aromatic carbocycles. The molecule has 0 spiro atoms. The zero-order valence-corrected chi connectivity index (χ0v) is 25.5. The first-order valence-corrected chi connectivity index (χ1v) is 13.5. The number of hydrogen-bond donors (Lipinski definition) is 8. The topological polar surface area (TPSA) is 234 Å². The van der Waals surface area contributed by atoms with Crippen LogP contribution in [0, 0.1) is 0 Å². The fourth-order valence-corrected chi connectivity index (χ4v) is 5.29. The van der Waals surface area contributed by atoms with E-state index >= 15 is 0 Å². The quantitative estimate of drug-likeness (QED) is 0.187. The molecule has 252 valence electrons. The van der Waals surface area contributed by atoms with E-state index in [0.29, 0.717) is 5.56 Å².